The molecule has 3 nitrogen and oxygen atoms in total. The van der Waals surface area contributed by atoms with Crippen molar-refractivity contribution in [3.8, 4) is 0 Å². The van der Waals surface area contributed by atoms with Crippen molar-refractivity contribution in [1.29, 1.82) is 0 Å². The van der Waals surface area contributed by atoms with Crippen LogP contribution in [-0.2, 0) is 6.54 Å². The fourth-order valence-electron chi connectivity index (χ4n) is 1.70. The maximum Gasteiger partial charge on any atom is 0.0300 e. The molecular formula is C13H23N3. The summed E-state index contributed by atoms with van der Waals surface area (Å²) in [7, 11) is 0. The van der Waals surface area contributed by atoms with Crippen molar-refractivity contribution in [3.05, 3.63) is 29.6 Å². The van der Waals surface area contributed by atoms with Gasteiger partial charge in [-0.05, 0) is 37.2 Å². The average molecular weight is 221 g/mol. The molecule has 1 N–H and O–H groups in total. The Morgan fingerprint density at radius 2 is 2.06 bits per heavy atom. The summed E-state index contributed by atoms with van der Waals surface area (Å²) in [4.78, 5) is 6.51. The lowest BCUT2D eigenvalue weighted by atomic mass is 10.1. The van der Waals surface area contributed by atoms with E-state index in [2.05, 4.69) is 42.0 Å². The summed E-state index contributed by atoms with van der Waals surface area (Å²) in [5.41, 5.74) is 2.60. The first-order valence-corrected chi connectivity index (χ1v) is 6.10. The number of aryl methyl sites for hydroxylation is 1. The molecule has 1 aromatic heterocycles. The molecule has 90 valence electrons. The van der Waals surface area contributed by atoms with Crippen LogP contribution in [0.5, 0.6) is 0 Å². The molecule has 1 heterocycles. The molecule has 0 fully saturated rings. The van der Waals surface area contributed by atoms with Crippen LogP contribution in [0.15, 0.2) is 18.5 Å². The van der Waals surface area contributed by atoms with Gasteiger partial charge in [0.2, 0.25) is 0 Å². The number of nitrogens with zero attached hydrogens (tertiary/aromatic N) is 2. The molecule has 0 radical (unpaired) electrons. The zero-order valence-corrected chi connectivity index (χ0v) is 10.7. The molecular weight excluding hydrogens is 198 g/mol. The monoisotopic (exact) mass is 221 g/mol. The molecule has 0 aliphatic rings. The highest BCUT2D eigenvalue weighted by Gasteiger charge is 1.99. The van der Waals surface area contributed by atoms with Gasteiger partial charge in [0.1, 0.15) is 0 Å². The smallest absolute Gasteiger partial charge is 0.0300 e. The molecule has 0 amide bonds. The number of hydrogen-bond acceptors (Lipinski definition) is 3. The Morgan fingerprint density at radius 3 is 2.69 bits per heavy atom. The van der Waals surface area contributed by atoms with E-state index in [4.69, 9.17) is 0 Å². The van der Waals surface area contributed by atoms with Crippen molar-refractivity contribution in [2.24, 2.45) is 0 Å². The highest BCUT2D eigenvalue weighted by Crippen LogP contribution is 2.03. The molecule has 0 saturated carbocycles. The fourth-order valence-corrected chi connectivity index (χ4v) is 1.70. The second kappa shape index (κ2) is 7.36. The zero-order valence-electron chi connectivity index (χ0n) is 10.7. The van der Waals surface area contributed by atoms with E-state index in [1.54, 1.807) is 0 Å². The first-order valence-electron chi connectivity index (χ1n) is 6.10. The summed E-state index contributed by atoms with van der Waals surface area (Å²) in [6, 6.07) is 2.08. The molecule has 0 aliphatic heterocycles. The Bertz CT molecular complexity index is 295. The highest BCUT2D eigenvalue weighted by molar-refractivity contribution is 5.21. The molecule has 0 aromatic carbocycles. The Kier molecular flexibility index (Phi) is 6.04. The van der Waals surface area contributed by atoms with Crippen molar-refractivity contribution in [2.45, 2.75) is 27.3 Å². The van der Waals surface area contributed by atoms with Crippen LogP contribution in [-0.4, -0.2) is 36.1 Å². The second-order valence-corrected chi connectivity index (χ2v) is 4.01. The maximum absolute atomic E-state index is 4.09. The predicted octanol–water partition coefficient (Wildman–Crippen LogP) is 1.82. The van der Waals surface area contributed by atoms with Crippen LogP contribution in [0.25, 0.3) is 0 Å². The van der Waals surface area contributed by atoms with Gasteiger partial charge in [0, 0.05) is 32.0 Å². The van der Waals surface area contributed by atoms with E-state index in [0.717, 1.165) is 32.7 Å². The van der Waals surface area contributed by atoms with Crippen LogP contribution < -0.4 is 5.32 Å². The van der Waals surface area contributed by atoms with Crippen molar-refractivity contribution >= 4 is 0 Å². The van der Waals surface area contributed by atoms with Gasteiger partial charge < -0.3 is 10.2 Å². The van der Waals surface area contributed by atoms with Gasteiger partial charge in [-0.1, -0.05) is 13.8 Å². The lowest BCUT2D eigenvalue weighted by Gasteiger charge is -2.18. The number of likely N-dealkylation sites (N-methyl/N-ethyl adjacent to an activating group) is 1. The SMILES string of the molecule is CCN(CC)CCNCc1ccncc1C. The van der Waals surface area contributed by atoms with Crippen molar-refractivity contribution in [1.82, 2.24) is 15.2 Å². The molecule has 0 aliphatic carbocycles. The summed E-state index contributed by atoms with van der Waals surface area (Å²) < 4.78 is 0. The van der Waals surface area contributed by atoms with E-state index >= 15 is 0 Å². The number of hydrogen-bond donors (Lipinski definition) is 1. The second-order valence-electron chi connectivity index (χ2n) is 4.01. The first kappa shape index (κ1) is 13.1. The molecule has 16 heavy (non-hydrogen) atoms. The van der Waals surface area contributed by atoms with Crippen molar-refractivity contribution in [2.75, 3.05) is 26.2 Å². The Morgan fingerprint density at radius 1 is 1.31 bits per heavy atom. The van der Waals surface area contributed by atoms with Crippen LogP contribution >= 0.6 is 0 Å². The summed E-state index contributed by atoms with van der Waals surface area (Å²) >= 11 is 0. The number of nitrogens with one attached hydrogen (secondary N) is 1. The van der Waals surface area contributed by atoms with Crippen LogP contribution in [0.2, 0.25) is 0 Å². The summed E-state index contributed by atoms with van der Waals surface area (Å²) in [6.07, 6.45) is 3.77. The molecule has 0 unspecified atom stereocenters. The Hall–Kier alpha value is -0.930. The minimum absolute atomic E-state index is 0.940. The fraction of sp³-hybridized carbons (Fsp3) is 0.615. The molecule has 1 rings (SSSR count). The van der Waals surface area contributed by atoms with E-state index < -0.39 is 0 Å². The van der Waals surface area contributed by atoms with E-state index in [-0.39, 0.29) is 0 Å². The van der Waals surface area contributed by atoms with Crippen molar-refractivity contribution in [3.63, 3.8) is 0 Å². The minimum Gasteiger partial charge on any atom is -0.311 e. The lowest BCUT2D eigenvalue weighted by Crippen LogP contribution is -2.31. The minimum atomic E-state index is 0.940. The molecule has 3 heteroatoms. The molecule has 0 spiro atoms. The zero-order chi connectivity index (χ0) is 11.8. The van der Waals surface area contributed by atoms with E-state index in [0.29, 0.717) is 0 Å². The van der Waals surface area contributed by atoms with E-state index in [1.165, 1.54) is 11.1 Å². The van der Waals surface area contributed by atoms with Gasteiger partial charge in [0.25, 0.3) is 0 Å². The van der Waals surface area contributed by atoms with Crippen LogP contribution in [0.1, 0.15) is 25.0 Å². The Labute approximate surface area is 98.9 Å². The number of rotatable bonds is 7. The topological polar surface area (TPSA) is 28.2 Å². The predicted molar refractivity (Wildman–Crippen MR) is 68.5 cm³/mol. The third-order valence-electron chi connectivity index (χ3n) is 2.95. The van der Waals surface area contributed by atoms with Gasteiger partial charge in [-0.2, -0.15) is 0 Å². The van der Waals surface area contributed by atoms with Crippen molar-refractivity contribution < 1.29 is 0 Å². The van der Waals surface area contributed by atoms with Gasteiger partial charge in [0.05, 0.1) is 0 Å². The molecule has 0 saturated heterocycles. The maximum atomic E-state index is 4.09. The lowest BCUT2D eigenvalue weighted by molar-refractivity contribution is 0.302. The average Bonchev–Trinajstić information content (AvgIpc) is 2.31. The molecule has 0 atom stereocenters. The van der Waals surface area contributed by atoms with E-state index in [9.17, 15) is 0 Å². The highest BCUT2D eigenvalue weighted by atomic mass is 15.1. The number of pyridine rings is 1. The van der Waals surface area contributed by atoms with Gasteiger partial charge in [-0.15, -0.1) is 0 Å². The van der Waals surface area contributed by atoms with Gasteiger partial charge in [0.15, 0.2) is 0 Å². The van der Waals surface area contributed by atoms with Gasteiger partial charge in [-0.25, -0.2) is 0 Å². The largest absolute Gasteiger partial charge is 0.311 e. The third kappa shape index (κ3) is 4.29. The first-order chi connectivity index (χ1) is 7.77. The standard InChI is InChI=1S/C13H23N3/c1-4-16(5-2)9-8-15-11-13-6-7-14-10-12(13)3/h6-7,10,15H,4-5,8-9,11H2,1-3H3. The Balaban J connectivity index is 2.23. The van der Waals surface area contributed by atoms with Crippen LogP contribution in [0, 0.1) is 6.92 Å². The van der Waals surface area contributed by atoms with E-state index in [1.807, 2.05) is 12.4 Å². The third-order valence-corrected chi connectivity index (χ3v) is 2.95. The van der Waals surface area contributed by atoms with Gasteiger partial charge in [-0.3, -0.25) is 4.98 Å². The van der Waals surface area contributed by atoms with Crippen LogP contribution in [0.4, 0.5) is 0 Å². The van der Waals surface area contributed by atoms with Gasteiger partial charge >= 0.3 is 0 Å². The summed E-state index contributed by atoms with van der Waals surface area (Å²) in [5.74, 6) is 0. The summed E-state index contributed by atoms with van der Waals surface area (Å²) in [6.45, 7) is 11.9. The molecule has 1 aromatic rings. The number of aromatic nitrogens is 1. The normalized spacial score (nSPS) is 11.0. The summed E-state index contributed by atoms with van der Waals surface area (Å²) in [5, 5.41) is 3.47. The quantitative estimate of drug-likeness (QED) is 0.712. The van der Waals surface area contributed by atoms with Crippen LogP contribution in [0.3, 0.4) is 0 Å². The molecule has 0 bridgehead atoms.